The summed E-state index contributed by atoms with van der Waals surface area (Å²) >= 11 is 0. The summed E-state index contributed by atoms with van der Waals surface area (Å²) in [5.74, 6) is 1.58. The van der Waals surface area contributed by atoms with Gasteiger partial charge in [0.25, 0.3) is 0 Å². The van der Waals surface area contributed by atoms with Crippen LogP contribution in [0.1, 0.15) is 19.3 Å². The standard InChI is InChI=1S/C13H20O3/c1-4-5-9-13(10-14)11(15-2)7-6-8-12(13)16-3/h4,7-8,14H,1,5-6,9-10H2,2-3H3. The summed E-state index contributed by atoms with van der Waals surface area (Å²) in [4.78, 5) is 0. The molecule has 0 fully saturated rings. The predicted molar refractivity (Wildman–Crippen MR) is 63.8 cm³/mol. The molecule has 90 valence electrons. The van der Waals surface area contributed by atoms with Gasteiger partial charge in [0, 0.05) is 0 Å². The fraction of sp³-hybridized carbons (Fsp3) is 0.538. The van der Waals surface area contributed by atoms with E-state index in [0.717, 1.165) is 30.8 Å². The predicted octanol–water partition coefficient (Wildman–Crippen LogP) is 2.40. The van der Waals surface area contributed by atoms with Crippen molar-refractivity contribution in [3.63, 3.8) is 0 Å². The first-order valence-corrected chi connectivity index (χ1v) is 5.46. The zero-order valence-corrected chi connectivity index (χ0v) is 10.0. The van der Waals surface area contributed by atoms with Gasteiger partial charge in [-0.2, -0.15) is 0 Å². The highest BCUT2D eigenvalue weighted by atomic mass is 16.5. The number of hydrogen-bond acceptors (Lipinski definition) is 3. The highest BCUT2D eigenvalue weighted by Crippen LogP contribution is 2.43. The monoisotopic (exact) mass is 224 g/mol. The Hall–Kier alpha value is -1.22. The van der Waals surface area contributed by atoms with Gasteiger partial charge in [0.05, 0.1) is 20.8 Å². The minimum Gasteiger partial charge on any atom is -0.500 e. The quantitative estimate of drug-likeness (QED) is 0.704. The van der Waals surface area contributed by atoms with Crippen LogP contribution in [0.3, 0.4) is 0 Å². The van der Waals surface area contributed by atoms with E-state index in [4.69, 9.17) is 9.47 Å². The topological polar surface area (TPSA) is 38.7 Å². The third-order valence-electron chi connectivity index (χ3n) is 3.03. The Morgan fingerprint density at radius 2 is 1.94 bits per heavy atom. The third kappa shape index (κ3) is 2.14. The second-order valence-electron chi connectivity index (χ2n) is 3.85. The largest absolute Gasteiger partial charge is 0.500 e. The van der Waals surface area contributed by atoms with Gasteiger partial charge in [0.15, 0.2) is 0 Å². The van der Waals surface area contributed by atoms with Gasteiger partial charge >= 0.3 is 0 Å². The van der Waals surface area contributed by atoms with E-state index in [2.05, 4.69) is 6.58 Å². The van der Waals surface area contributed by atoms with E-state index in [1.54, 1.807) is 14.2 Å². The molecular weight excluding hydrogens is 204 g/mol. The van der Waals surface area contributed by atoms with Gasteiger partial charge in [-0.25, -0.2) is 0 Å². The van der Waals surface area contributed by atoms with Gasteiger partial charge in [-0.05, 0) is 31.4 Å². The molecule has 16 heavy (non-hydrogen) atoms. The number of rotatable bonds is 6. The molecule has 0 saturated heterocycles. The second-order valence-corrected chi connectivity index (χ2v) is 3.85. The third-order valence-corrected chi connectivity index (χ3v) is 3.03. The minimum atomic E-state index is -0.532. The Balaban J connectivity index is 3.04. The average molecular weight is 224 g/mol. The van der Waals surface area contributed by atoms with Gasteiger partial charge in [-0.3, -0.25) is 0 Å². The summed E-state index contributed by atoms with van der Waals surface area (Å²) in [6.45, 7) is 3.70. The summed E-state index contributed by atoms with van der Waals surface area (Å²) in [6, 6.07) is 0. The lowest BCUT2D eigenvalue weighted by atomic mass is 9.77. The van der Waals surface area contributed by atoms with Crippen LogP contribution in [-0.4, -0.2) is 25.9 Å². The zero-order valence-electron chi connectivity index (χ0n) is 10.0. The maximum Gasteiger partial charge on any atom is 0.108 e. The molecule has 1 aliphatic rings. The number of ether oxygens (including phenoxy) is 2. The molecule has 0 aromatic rings. The first-order valence-electron chi connectivity index (χ1n) is 5.46. The zero-order chi connectivity index (χ0) is 12.0. The van der Waals surface area contributed by atoms with Gasteiger partial charge in [0.2, 0.25) is 0 Å². The van der Waals surface area contributed by atoms with Crippen LogP contribution < -0.4 is 0 Å². The maximum absolute atomic E-state index is 9.70. The van der Waals surface area contributed by atoms with Gasteiger partial charge in [0.1, 0.15) is 16.9 Å². The fourth-order valence-corrected chi connectivity index (χ4v) is 2.17. The average Bonchev–Trinajstić information content (AvgIpc) is 2.35. The van der Waals surface area contributed by atoms with Crippen molar-refractivity contribution in [2.45, 2.75) is 19.3 Å². The van der Waals surface area contributed by atoms with Crippen LogP contribution >= 0.6 is 0 Å². The molecule has 0 unspecified atom stereocenters. The molecule has 0 heterocycles. The molecule has 1 rings (SSSR count). The Labute approximate surface area is 97.1 Å². The Bertz CT molecular complexity index is 282. The summed E-state index contributed by atoms with van der Waals surface area (Å²) in [7, 11) is 3.26. The number of aliphatic hydroxyl groups excluding tert-OH is 1. The summed E-state index contributed by atoms with van der Waals surface area (Å²) < 4.78 is 10.7. The van der Waals surface area contributed by atoms with Gasteiger partial charge in [-0.1, -0.05) is 6.08 Å². The minimum absolute atomic E-state index is 0.0137. The van der Waals surface area contributed by atoms with Gasteiger partial charge < -0.3 is 14.6 Å². The molecule has 0 atom stereocenters. The van der Waals surface area contributed by atoms with Crippen LogP contribution in [0.15, 0.2) is 36.3 Å². The number of aliphatic hydroxyl groups is 1. The summed E-state index contributed by atoms with van der Waals surface area (Å²) in [6.07, 6.45) is 8.15. The van der Waals surface area contributed by atoms with E-state index in [1.165, 1.54) is 0 Å². The Kier molecular flexibility index (Phi) is 4.62. The molecule has 0 aromatic heterocycles. The van der Waals surface area contributed by atoms with Crippen molar-refractivity contribution in [2.75, 3.05) is 20.8 Å². The normalized spacial score (nSPS) is 18.4. The van der Waals surface area contributed by atoms with Crippen molar-refractivity contribution in [3.05, 3.63) is 36.3 Å². The van der Waals surface area contributed by atoms with Crippen LogP contribution in [0.2, 0.25) is 0 Å². The molecule has 0 aromatic carbocycles. The smallest absolute Gasteiger partial charge is 0.108 e. The summed E-state index contributed by atoms with van der Waals surface area (Å²) in [5.41, 5.74) is -0.532. The fourth-order valence-electron chi connectivity index (χ4n) is 2.17. The van der Waals surface area contributed by atoms with Crippen molar-refractivity contribution >= 4 is 0 Å². The second kappa shape index (κ2) is 5.75. The van der Waals surface area contributed by atoms with E-state index in [0.29, 0.717) is 0 Å². The lowest BCUT2D eigenvalue weighted by Crippen LogP contribution is -2.33. The van der Waals surface area contributed by atoms with E-state index in [-0.39, 0.29) is 6.61 Å². The summed E-state index contributed by atoms with van der Waals surface area (Å²) in [5, 5.41) is 9.70. The SMILES string of the molecule is C=CCCC1(CO)C(OC)=CCC=C1OC. The molecule has 0 aliphatic heterocycles. The van der Waals surface area contributed by atoms with E-state index < -0.39 is 5.41 Å². The van der Waals surface area contributed by atoms with Crippen LogP contribution in [-0.2, 0) is 9.47 Å². The number of methoxy groups -OCH3 is 2. The van der Waals surface area contributed by atoms with Gasteiger partial charge in [-0.15, -0.1) is 6.58 Å². The number of allylic oxidation sites excluding steroid dienone is 3. The van der Waals surface area contributed by atoms with Crippen LogP contribution in [0.4, 0.5) is 0 Å². The van der Waals surface area contributed by atoms with E-state index in [9.17, 15) is 5.11 Å². The molecule has 3 nitrogen and oxygen atoms in total. The molecule has 0 saturated carbocycles. The van der Waals surface area contributed by atoms with Crippen molar-refractivity contribution in [1.82, 2.24) is 0 Å². The Morgan fingerprint density at radius 1 is 1.38 bits per heavy atom. The highest BCUT2D eigenvalue weighted by molar-refractivity contribution is 5.28. The van der Waals surface area contributed by atoms with Crippen LogP contribution in [0.25, 0.3) is 0 Å². The molecule has 1 aliphatic carbocycles. The van der Waals surface area contributed by atoms with Crippen molar-refractivity contribution in [1.29, 1.82) is 0 Å². The molecule has 0 amide bonds. The lowest BCUT2D eigenvalue weighted by Gasteiger charge is -2.36. The molecule has 3 heteroatoms. The highest BCUT2D eigenvalue weighted by Gasteiger charge is 2.41. The number of hydrogen-bond donors (Lipinski definition) is 1. The molecule has 0 radical (unpaired) electrons. The molecule has 1 N–H and O–H groups in total. The molecule has 0 bridgehead atoms. The van der Waals surface area contributed by atoms with Crippen LogP contribution in [0, 0.1) is 5.41 Å². The van der Waals surface area contributed by atoms with Crippen LogP contribution in [0.5, 0.6) is 0 Å². The van der Waals surface area contributed by atoms with Crippen molar-refractivity contribution in [3.8, 4) is 0 Å². The molecular formula is C13H20O3. The van der Waals surface area contributed by atoms with Crippen molar-refractivity contribution in [2.24, 2.45) is 5.41 Å². The first-order chi connectivity index (χ1) is 7.75. The maximum atomic E-state index is 9.70. The Morgan fingerprint density at radius 3 is 2.31 bits per heavy atom. The van der Waals surface area contributed by atoms with E-state index >= 15 is 0 Å². The van der Waals surface area contributed by atoms with Crippen molar-refractivity contribution < 1.29 is 14.6 Å². The van der Waals surface area contributed by atoms with E-state index in [1.807, 2.05) is 18.2 Å². The molecule has 0 spiro atoms. The first kappa shape index (κ1) is 12.8. The lowest BCUT2D eigenvalue weighted by molar-refractivity contribution is 0.0593.